The van der Waals surface area contributed by atoms with Crippen molar-refractivity contribution < 1.29 is 27.4 Å². The molecule has 1 unspecified atom stereocenters. The van der Waals surface area contributed by atoms with Gasteiger partial charge in [0.15, 0.2) is 5.65 Å². The topological polar surface area (TPSA) is 148 Å². The van der Waals surface area contributed by atoms with Gasteiger partial charge in [-0.1, -0.05) is 53.5 Å². The van der Waals surface area contributed by atoms with E-state index in [4.69, 9.17) is 48.1 Å². The third-order valence-corrected chi connectivity index (χ3v) is 10.2. The summed E-state index contributed by atoms with van der Waals surface area (Å²) in [6.45, 7) is 1.06. The number of aromatic nitrogens is 5. The second kappa shape index (κ2) is 13.8. The minimum Gasteiger partial charge on any atom is -0.481 e. The number of aryl methyl sites for hydroxylation is 1. The summed E-state index contributed by atoms with van der Waals surface area (Å²) in [6, 6.07) is 12.0. The summed E-state index contributed by atoms with van der Waals surface area (Å²) < 4.78 is 60.9. The van der Waals surface area contributed by atoms with E-state index in [0.717, 1.165) is 26.7 Å². The molecule has 52 heavy (non-hydrogen) atoms. The number of hydrogen-bond acceptors (Lipinski definition) is 10. The third-order valence-electron chi connectivity index (χ3n) is 9.34. The summed E-state index contributed by atoms with van der Waals surface area (Å²) in [4.78, 5) is 37.6. The summed E-state index contributed by atoms with van der Waals surface area (Å²) in [7, 11) is 3.97. The van der Waals surface area contributed by atoms with Crippen LogP contribution in [0.1, 0.15) is 23.4 Å². The number of ether oxygens (including phenoxy) is 3. The number of anilines is 2. The highest BCUT2D eigenvalue weighted by Crippen LogP contribution is 2.43. The van der Waals surface area contributed by atoms with Gasteiger partial charge in [0.25, 0.3) is 5.56 Å². The van der Waals surface area contributed by atoms with Crippen LogP contribution >= 0.6 is 23.2 Å². The molecule has 3 atom stereocenters. The van der Waals surface area contributed by atoms with Gasteiger partial charge in [0.05, 0.1) is 47.4 Å². The standard InChI is InChI=1S/C35H32Cl2F3N7O5/c1-46-30-26(32(48)47(2)34(46)49)29(44-33(45-30)35(38,39)40)42-23-9-5-7-19(28(23)37)18-6-4-8-20(27(18)36)24-13-16-12-17(14-21(16)31(43-24)50-3)52-25-15-51-11-10-22(25)41/h4-9,13,17,22,25H,10-12,14-15,41H2,1-3H3,(H,42,44,45)/t17?,22-,25+/m0/s1. The van der Waals surface area contributed by atoms with Crippen molar-refractivity contribution in [1.82, 2.24) is 24.1 Å². The molecular formula is C35H32Cl2F3N7O5. The lowest BCUT2D eigenvalue weighted by Crippen LogP contribution is -2.46. The molecule has 0 amide bonds. The van der Waals surface area contributed by atoms with E-state index in [-0.39, 0.29) is 34.3 Å². The molecule has 17 heteroatoms. The summed E-state index contributed by atoms with van der Waals surface area (Å²) in [5.74, 6) is -1.58. The Morgan fingerprint density at radius 3 is 2.40 bits per heavy atom. The number of rotatable bonds is 7. The molecule has 4 heterocycles. The quantitative estimate of drug-likeness (QED) is 0.220. The number of nitrogens with two attached hydrogens (primary N) is 1. The molecule has 0 spiro atoms. The van der Waals surface area contributed by atoms with Crippen LogP contribution in [0, 0.1) is 0 Å². The smallest absolute Gasteiger partial charge is 0.451 e. The monoisotopic (exact) mass is 757 g/mol. The largest absolute Gasteiger partial charge is 0.481 e. The van der Waals surface area contributed by atoms with Crippen molar-refractivity contribution >= 4 is 45.7 Å². The van der Waals surface area contributed by atoms with E-state index in [9.17, 15) is 22.8 Å². The van der Waals surface area contributed by atoms with Gasteiger partial charge in [-0.05, 0) is 30.5 Å². The van der Waals surface area contributed by atoms with E-state index in [1.165, 1.54) is 20.2 Å². The third kappa shape index (κ3) is 6.40. The second-order valence-corrected chi connectivity index (χ2v) is 13.4. The highest BCUT2D eigenvalue weighted by molar-refractivity contribution is 6.39. The first kappa shape index (κ1) is 35.8. The fourth-order valence-corrected chi connectivity index (χ4v) is 7.24. The lowest BCUT2D eigenvalue weighted by atomic mass is 9.99. The van der Waals surface area contributed by atoms with Gasteiger partial charge in [-0.15, -0.1) is 0 Å². The van der Waals surface area contributed by atoms with Crippen LogP contribution in [0.2, 0.25) is 10.0 Å². The van der Waals surface area contributed by atoms with Crippen LogP contribution in [0.25, 0.3) is 33.4 Å². The molecule has 272 valence electrons. The Hall–Kier alpha value is -4.54. The molecular weight excluding hydrogens is 726 g/mol. The summed E-state index contributed by atoms with van der Waals surface area (Å²) >= 11 is 14.0. The molecule has 2 aliphatic rings. The van der Waals surface area contributed by atoms with Crippen molar-refractivity contribution in [1.29, 1.82) is 0 Å². The average Bonchev–Trinajstić information content (AvgIpc) is 3.53. The van der Waals surface area contributed by atoms with Gasteiger partial charge in [-0.2, -0.15) is 13.2 Å². The normalized spacial score (nSPS) is 18.8. The van der Waals surface area contributed by atoms with Crippen molar-refractivity contribution in [3.8, 4) is 28.3 Å². The number of alkyl halides is 3. The van der Waals surface area contributed by atoms with E-state index >= 15 is 0 Å². The second-order valence-electron chi connectivity index (χ2n) is 12.6. The number of pyridine rings is 1. The molecule has 0 bridgehead atoms. The number of benzene rings is 2. The van der Waals surface area contributed by atoms with Crippen molar-refractivity contribution in [2.75, 3.05) is 25.6 Å². The van der Waals surface area contributed by atoms with Gasteiger partial charge in [0.2, 0.25) is 11.7 Å². The molecule has 1 aliphatic carbocycles. The number of methoxy groups -OCH3 is 1. The molecule has 3 N–H and O–H groups in total. The van der Waals surface area contributed by atoms with E-state index in [1.54, 1.807) is 31.4 Å². The Bertz CT molecular complexity index is 2350. The zero-order valence-electron chi connectivity index (χ0n) is 28.1. The van der Waals surface area contributed by atoms with Crippen LogP contribution in [0.3, 0.4) is 0 Å². The Morgan fingerprint density at radius 1 is 0.981 bits per heavy atom. The van der Waals surface area contributed by atoms with E-state index < -0.39 is 34.7 Å². The van der Waals surface area contributed by atoms with Gasteiger partial charge < -0.3 is 25.3 Å². The predicted octanol–water partition coefficient (Wildman–Crippen LogP) is 5.43. The van der Waals surface area contributed by atoms with Gasteiger partial charge in [0, 0.05) is 55.4 Å². The van der Waals surface area contributed by atoms with Gasteiger partial charge in [0.1, 0.15) is 11.2 Å². The van der Waals surface area contributed by atoms with E-state index in [0.29, 0.717) is 59.3 Å². The fraction of sp³-hybridized carbons (Fsp3) is 0.343. The van der Waals surface area contributed by atoms with Crippen molar-refractivity contribution in [2.45, 2.75) is 43.7 Å². The Balaban J connectivity index is 1.25. The van der Waals surface area contributed by atoms with Crippen LogP contribution in [-0.2, 0) is 42.6 Å². The molecule has 7 rings (SSSR count). The van der Waals surface area contributed by atoms with E-state index in [2.05, 4.69) is 15.3 Å². The summed E-state index contributed by atoms with van der Waals surface area (Å²) in [6.07, 6.45) is -3.36. The lowest BCUT2D eigenvalue weighted by molar-refractivity contribution is -0.144. The van der Waals surface area contributed by atoms with Crippen molar-refractivity contribution in [2.24, 2.45) is 19.8 Å². The van der Waals surface area contributed by atoms with Gasteiger partial charge in [-0.3, -0.25) is 13.9 Å². The van der Waals surface area contributed by atoms with Gasteiger partial charge >= 0.3 is 11.9 Å². The molecule has 1 aliphatic heterocycles. The maximum Gasteiger partial charge on any atom is 0.451 e. The van der Waals surface area contributed by atoms with Crippen molar-refractivity contribution in [3.63, 3.8) is 0 Å². The van der Waals surface area contributed by atoms with E-state index in [1.807, 2.05) is 12.1 Å². The zero-order chi connectivity index (χ0) is 37.1. The Kier molecular flexibility index (Phi) is 9.50. The first-order valence-electron chi connectivity index (χ1n) is 16.2. The molecule has 0 radical (unpaired) electrons. The minimum absolute atomic E-state index is 0.0768. The number of fused-ring (bicyclic) bond motifs is 2. The first-order chi connectivity index (χ1) is 24.8. The molecule has 12 nitrogen and oxygen atoms in total. The zero-order valence-corrected chi connectivity index (χ0v) is 29.6. The van der Waals surface area contributed by atoms with Gasteiger partial charge in [-0.25, -0.2) is 19.7 Å². The van der Waals surface area contributed by atoms with Crippen LogP contribution < -0.4 is 27.0 Å². The van der Waals surface area contributed by atoms with Crippen molar-refractivity contribution in [3.05, 3.63) is 90.3 Å². The SMILES string of the molecule is COc1nc(-c2cccc(-c3cccc(Nc4nc(C(F)(F)F)nc5c4c(=O)n(C)c(=O)n5C)c3Cl)c2Cl)cc2c1CC(O[C@@H]1COCC[C@@H]1N)C2. The Labute approximate surface area is 304 Å². The molecule has 1 fully saturated rings. The van der Waals surface area contributed by atoms with Crippen LogP contribution in [0.15, 0.2) is 52.1 Å². The number of nitrogens with one attached hydrogen (secondary N) is 1. The maximum atomic E-state index is 13.9. The molecule has 3 aromatic heterocycles. The molecule has 2 aromatic carbocycles. The average molecular weight is 759 g/mol. The first-order valence-corrected chi connectivity index (χ1v) is 17.0. The minimum atomic E-state index is -4.98. The predicted molar refractivity (Wildman–Crippen MR) is 189 cm³/mol. The summed E-state index contributed by atoms with van der Waals surface area (Å²) in [5.41, 5.74) is 8.18. The fourth-order valence-electron chi connectivity index (χ4n) is 6.64. The number of hydrogen-bond donors (Lipinski definition) is 2. The molecule has 0 saturated carbocycles. The Morgan fingerprint density at radius 2 is 1.69 bits per heavy atom. The number of halogens is 5. The number of nitrogens with zero attached hydrogens (tertiary/aromatic N) is 5. The molecule has 5 aromatic rings. The highest BCUT2D eigenvalue weighted by atomic mass is 35.5. The lowest BCUT2D eigenvalue weighted by Gasteiger charge is -2.30. The maximum absolute atomic E-state index is 13.9. The van der Waals surface area contributed by atoms with Crippen LogP contribution in [0.5, 0.6) is 5.88 Å². The summed E-state index contributed by atoms with van der Waals surface area (Å²) in [5, 5.41) is 2.84. The van der Waals surface area contributed by atoms with Crippen LogP contribution in [0.4, 0.5) is 24.7 Å². The highest BCUT2D eigenvalue weighted by Gasteiger charge is 2.37. The molecule has 1 saturated heterocycles. The van der Waals surface area contributed by atoms with Crippen LogP contribution in [-0.4, -0.2) is 62.7 Å².